The first-order valence-corrected chi connectivity index (χ1v) is 7.60. The fourth-order valence-corrected chi connectivity index (χ4v) is 2.42. The number of hydrogen-bond acceptors (Lipinski definition) is 3. The molecular weight excluding hydrogens is 278 g/mol. The van der Waals surface area contributed by atoms with Crippen LogP contribution in [0, 0.1) is 0 Å². The van der Waals surface area contributed by atoms with Crippen molar-refractivity contribution in [2.24, 2.45) is 0 Å². The zero-order chi connectivity index (χ0) is 15.8. The van der Waals surface area contributed by atoms with E-state index in [1.807, 2.05) is 12.1 Å². The van der Waals surface area contributed by atoms with Crippen molar-refractivity contribution in [1.29, 1.82) is 0 Å². The minimum Gasteiger partial charge on any atom is -0.491 e. The van der Waals surface area contributed by atoms with Gasteiger partial charge in [0.2, 0.25) is 0 Å². The summed E-state index contributed by atoms with van der Waals surface area (Å²) >= 11 is 0. The predicted octanol–water partition coefficient (Wildman–Crippen LogP) is 3.06. The average Bonchev–Trinajstić information content (AvgIpc) is 3.06. The molecule has 1 atom stereocenters. The first-order valence-electron chi connectivity index (χ1n) is 7.60. The molecule has 1 aromatic carbocycles. The van der Waals surface area contributed by atoms with Gasteiger partial charge in [0.15, 0.2) is 0 Å². The van der Waals surface area contributed by atoms with E-state index in [0.29, 0.717) is 31.0 Å². The Morgan fingerprint density at radius 3 is 2.77 bits per heavy atom. The van der Waals surface area contributed by atoms with Crippen LogP contribution in [0.4, 0.5) is 0 Å². The van der Waals surface area contributed by atoms with Gasteiger partial charge in [-0.1, -0.05) is 18.2 Å². The predicted molar refractivity (Wildman–Crippen MR) is 87.2 cm³/mol. The molecule has 1 aliphatic heterocycles. The molecule has 0 aliphatic carbocycles. The molecule has 0 radical (unpaired) electrons. The number of ether oxygens (including phenoxy) is 2. The van der Waals surface area contributed by atoms with E-state index >= 15 is 0 Å². The lowest BCUT2D eigenvalue weighted by atomic mass is 10.2. The number of rotatable bonds is 8. The molecule has 1 saturated heterocycles. The quantitative estimate of drug-likeness (QED) is 0.693. The third-order valence-electron chi connectivity index (χ3n) is 3.53. The van der Waals surface area contributed by atoms with Crippen LogP contribution < -0.4 is 4.74 Å². The van der Waals surface area contributed by atoms with Gasteiger partial charge in [-0.05, 0) is 31.0 Å². The molecular formula is C18H23NO3. The van der Waals surface area contributed by atoms with E-state index in [1.165, 1.54) is 0 Å². The van der Waals surface area contributed by atoms with Crippen molar-refractivity contribution in [3.63, 3.8) is 0 Å². The second-order valence-electron chi connectivity index (χ2n) is 5.26. The first-order chi connectivity index (χ1) is 10.7. The molecule has 4 nitrogen and oxygen atoms in total. The van der Waals surface area contributed by atoms with Crippen LogP contribution in [0.15, 0.2) is 49.6 Å². The first kappa shape index (κ1) is 16.3. The highest BCUT2D eigenvalue weighted by atomic mass is 16.5. The average molecular weight is 301 g/mol. The van der Waals surface area contributed by atoms with Gasteiger partial charge in [0.1, 0.15) is 12.4 Å². The van der Waals surface area contributed by atoms with Crippen LogP contribution in [0.2, 0.25) is 0 Å². The number of amides is 1. The Balaban J connectivity index is 2.00. The Kier molecular flexibility index (Phi) is 6.22. The molecule has 1 fully saturated rings. The van der Waals surface area contributed by atoms with E-state index < -0.39 is 0 Å². The van der Waals surface area contributed by atoms with Gasteiger partial charge in [-0.25, -0.2) is 0 Å². The lowest BCUT2D eigenvalue weighted by Crippen LogP contribution is -2.31. The molecule has 1 aliphatic rings. The lowest BCUT2D eigenvalue weighted by Gasteiger charge is -2.19. The summed E-state index contributed by atoms with van der Waals surface area (Å²) in [6, 6.07) is 7.26. The second kappa shape index (κ2) is 8.39. The topological polar surface area (TPSA) is 38.8 Å². The summed E-state index contributed by atoms with van der Waals surface area (Å²) in [5.74, 6) is 0.640. The molecule has 1 amide bonds. The van der Waals surface area contributed by atoms with Gasteiger partial charge in [0, 0.05) is 25.3 Å². The standard InChI is InChI=1S/C18H23NO3/c1-3-10-19(11-4-2)18(20)15-7-5-8-16(13-15)22-14-17-9-6-12-21-17/h3-5,7-8,13,17H,1-2,6,9-12,14H2. The summed E-state index contributed by atoms with van der Waals surface area (Å²) in [6.07, 6.45) is 5.70. The highest BCUT2D eigenvalue weighted by Crippen LogP contribution is 2.18. The van der Waals surface area contributed by atoms with Gasteiger partial charge in [0.05, 0.1) is 6.10 Å². The molecule has 4 heteroatoms. The zero-order valence-corrected chi connectivity index (χ0v) is 12.9. The fraction of sp³-hybridized carbons (Fsp3) is 0.389. The Labute approximate surface area is 132 Å². The van der Waals surface area contributed by atoms with Crippen molar-refractivity contribution in [3.05, 3.63) is 55.1 Å². The Morgan fingerprint density at radius 1 is 1.36 bits per heavy atom. The smallest absolute Gasteiger partial charge is 0.254 e. The van der Waals surface area contributed by atoms with Crippen molar-refractivity contribution in [1.82, 2.24) is 4.90 Å². The molecule has 0 bridgehead atoms. The number of carbonyl (C=O) groups excluding carboxylic acids is 1. The van der Waals surface area contributed by atoms with E-state index in [-0.39, 0.29) is 12.0 Å². The van der Waals surface area contributed by atoms with Crippen LogP contribution in [0.3, 0.4) is 0 Å². The fourth-order valence-electron chi connectivity index (χ4n) is 2.42. The molecule has 0 N–H and O–H groups in total. The van der Waals surface area contributed by atoms with E-state index in [9.17, 15) is 4.79 Å². The summed E-state index contributed by atoms with van der Waals surface area (Å²) in [5, 5.41) is 0. The maximum atomic E-state index is 12.5. The van der Waals surface area contributed by atoms with Crippen LogP contribution >= 0.6 is 0 Å². The summed E-state index contributed by atoms with van der Waals surface area (Å²) < 4.78 is 11.3. The van der Waals surface area contributed by atoms with Crippen LogP contribution in [0.25, 0.3) is 0 Å². The zero-order valence-electron chi connectivity index (χ0n) is 12.9. The summed E-state index contributed by atoms with van der Waals surface area (Å²) in [5.41, 5.74) is 0.605. The number of hydrogen-bond donors (Lipinski definition) is 0. The molecule has 1 unspecified atom stereocenters. The molecule has 2 rings (SSSR count). The third kappa shape index (κ3) is 4.46. The summed E-state index contributed by atoms with van der Waals surface area (Å²) in [7, 11) is 0. The largest absolute Gasteiger partial charge is 0.491 e. The van der Waals surface area contributed by atoms with Gasteiger partial charge in [-0.3, -0.25) is 4.79 Å². The summed E-state index contributed by atoms with van der Waals surface area (Å²) in [4.78, 5) is 14.2. The van der Waals surface area contributed by atoms with Crippen molar-refractivity contribution >= 4 is 5.91 Å². The highest BCUT2D eigenvalue weighted by molar-refractivity contribution is 5.94. The molecule has 118 valence electrons. The van der Waals surface area contributed by atoms with Crippen LogP contribution in [0.1, 0.15) is 23.2 Å². The molecule has 0 saturated carbocycles. The van der Waals surface area contributed by atoms with Crippen molar-refractivity contribution in [3.8, 4) is 5.75 Å². The van der Waals surface area contributed by atoms with Crippen LogP contribution in [-0.4, -0.2) is 43.2 Å². The number of carbonyl (C=O) groups is 1. The SMILES string of the molecule is C=CCN(CC=C)C(=O)c1cccc(OCC2CCCO2)c1. The number of nitrogens with zero attached hydrogens (tertiary/aromatic N) is 1. The Bertz CT molecular complexity index is 511. The van der Waals surface area contributed by atoms with Gasteiger partial charge in [0.25, 0.3) is 5.91 Å². The van der Waals surface area contributed by atoms with Gasteiger partial charge >= 0.3 is 0 Å². The van der Waals surface area contributed by atoms with Gasteiger partial charge in [-0.15, -0.1) is 13.2 Å². The molecule has 0 spiro atoms. The van der Waals surface area contributed by atoms with Crippen LogP contribution in [0.5, 0.6) is 5.75 Å². The lowest BCUT2D eigenvalue weighted by molar-refractivity contribution is 0.0678. The monoisotopic (exact) mass is 301 g/mol. The van der Waals surface area contributed by atoms with Crippen LogP contribution in [-0.2, 0) is 4.74 Å². The van der Waals surface area contributed by atoms with E-state index in [1.54, 1.807) is 29.2 Å². The molecule has 22 heavy (non-hydrogen) atoms. The summed E-state index contributed by atoms with van der Waals surface area (Å²) in [6.45, 7) is 9.69. The van der Waals surface area contributed by atoms with Crippen molar-refractivity contribution in [2.75, 3.05) is 26.3 Å². The van der Waals surface area contributed by atoms with Gasteiger partial charge < -0.3 is 14.4 Å². The Morgan fingerprint density at radius 2 is 2.14 bits per heavy atom. The second-order valence-corrected chi connectivity index (χ2v) is 5.26. The normalized spacial score (nSPS) is 17.0. The van der Waals surface area contributed by atoms with Crippen molar-refractivity contribution in [2.45, 2.75) is 18.9 Å². The van der Waals surface area contributed by atoms with Crippen molar-refractivity contribution < 1.29 is 14.3 Å². The van der Waals surface area contributed by atoms with E-state index in [0.717, 1.165) is 19.4 Å². The number of benzene rings is 1. The van der Waals surface area contributed by atoms with E-state index in [2.05, 4.69) is 13.2 Å². The highest BCUT2D eigenvalue weighted by Gasteiger charge is 2.17. The Hall–Kier alpha value is -2.07. The maximum absolute atomic E-state index is 12.5. The third-order valence-corrected chi connectivity index (χ3v) is 3.53. The maximum Gasteiger partial charge on any atom is 0.254 e. The molecule has 1 aromatic rings. The van der Waals surface area contributed by atoms with Gasteiger partial charge in [-0.2, -0.15) is 0 Å². The minimum absolute atomic E-state index is 0.0534. The molecule has 0 aromatic heterocycles. The molecule has 1 heterocycles. The van der Waals surface area contributed by atoms with E-state index in [4.69, 9.17) is 9.47 Å². The minimum atomic E-state index is -0.0534.